The lowest BCUT2D eigenvalue weighted by molar-refractivity contribution is -0.141. The molecule has 54 heavy (non-hydrogen) atoms. The SMILES string of the molecule is COC(=O)N[C@@H](C)C(=O)N1CCC[C@H]1c1ncc(-c2ccc(-c3ccc(-c4cnc([C@@H]5CCCN5C(=O)[C@H](OC(N)=O)c5ccccc5)[nH]4)cc3)cc2)[nH]1. The zero-order valence-corrected chi connectivity index (χ0v) is 30.0. The maximum absolute atomic E-state index is 13.7. The van der Waals surface area contributed by atoms with Gasteiger partial charge in [-0.1, -0.05) is 78.9 Å². The number of ether oxygens (including phenoxy) is 2. The van der Waals surface area contributed by atoms with Crippen molar-refractivity contribution in [3.8, 4) is 33.6 Å². The maximum atomic E-state index is 13.7. The molecule has 2 aliphatic rings. The van der Waals surface area contributed by atoms with Crippen molar-refractivity contribution in [1.29, 1.82) is 0 Å². The third-order valence-corrected chi connectivity index (χ3v) is 10.1. The van der Waals surface area contributed by atoms with Crippen LogP contribution in [0.25, 0.3) is 33.6 Å². The van der Waals surface area contributed by atoms with Crippen molar-refractivity contribution in [1.82, 2.24) is 35.1 Å². The molecule has 5 aromatic rings. The average molecular weight is 731 g/mol. The first-order valence-electron chi connectivity index (χ1n) is 18.0. The summed E-state index contributed by atoms with van der Waals surface area (Å²) in [4.78, 5) is 69.7. The highest BCUT2D eigenvalue weighted by Gasteiger charge is 2.38. The van der Waals surface area contributed by atoms with Crippen molar-refractivity contribution in [3.05, 3.63) is 108 Å². The topological polar surface area (TPSA) is 189 Å². The van der Waals surface area contributed by atoms with E-state index < -0.39 is 24.3 Å². The van der Waals surface area contributed by atoms with Gasteiger partial charge < -0.3 is 40.3 Å². The van der Waals surface area contributed by atoms with Crippen molar-refractivity contribution in [2.24, 2.45) is 5.73 Å². The Kier molecular flexibility index (Phi) is 10.4. The molecule has 5 N–H and O–H groups in total. The Morgan fingerprint density at radius 1 is 0.741 bits per heavy atom. The number of hydrogen-bond donors (Lipinski definition) is 4. The van der Waals surface area contributed by atoms with Crippen LogP contribution < -0.4 is 11.1 Å². The van der Waals surface area contributed by atoms with Gasteiger partial charge in [0.15, 0.2) is 0 Å². The third kappa shape index (κ3) is 7.54. The summed E-state index contributed by atoms with van der Waals surface area (Å²) in [6, 6.07) is 24.0. The van der Waals surface area contributed by atoms with E-state index in [1.807, 2.05) is 30.3 Å². The second kappa shape index (κ2) is 15.7. The van der Waals surface area contributed by atoms with Gasteiger partial charge in [-0.15, -0.1) is 0 Å². The Morgan fingerprint density at radius 2 is 1.22 bits per heavy atom. The number of alkyl carbamates (subject to hydrolysis) is 1. The number of benzene rings is 3. The number of nitrogens with zero attached hydrogens (tertiary/aromatic N) is 4. The lowest BCUT2D eigenvalue weighted by Gasteiger charge is -2.27. The van der Waals surface area contributed by atoms with Gasteiger partial charge >= 0.3 is 12.2 Å². The van der Waals surface area contributed by atoms with Gasteiger partial charge in [0.05, 0.1) is 43.0 Å². The fourth-order valence-electron chi connectivity index (χ4n) is 7.32. The minimum atomic E-state index is -1.13. The van der Waals surface area contributed by atoms with E-state index in [1.165, 1.54) is 7.11 Å². The molecule has 2 aromatic heterocycles. The molecule has 278 valence electrons. The van der Waals surface area contributed by atoms with Crippen molar-refractivity contribution in [2.45, 2.75) is 56.8 Å². The number of H-pyrrole nitrogens is 2. The van der Waals surface area contributed by atoms with E-state index in [9.17, 15) is 19.2 Å². The molecular weight excluding hydrogens is 688 g/mol. The molecule has 4 heterocycles. The normalized spacial score (nSPS) is 17.9. The highest BCUT2D eigenvalue weighted by atomic mass is 16.6. The smallest absolute Gasteiger partial charge is 0.407 e. The molecule has 4 amide bonds. The first-order valence-corrected chi connectivity index (χ1v) is 18.0. The summed E-state index contributed by atoms with van der Waals surface area (Å²) in [6.45, 7) is 2.75. The standard InChI is InChI=1S/C40H42N8O6/c1-24(44-40(52)53-2)37(49)47-20-6-10-32(47)35-42-22-30(45-35)27-16-12-25(13-17-27)26-14-18-28(19-15-26)31-23-43-36(46-31)33-11-7-21-48(33)38(50)34(54-39(41)51)29-8-4-3-5-9-29/h3-5,8-9,12-19,22-24,32-34H,6-7,10-11,20-21H2,1-2H3,(H2,41,51)(H,42,45)(H,43,46)(H,44,52)/t24-,32-,33-,34+/m0/s1. The second-order valence-electron chi connectivity index (χ2n) is 13.5. The third-order valence-electron chi connectivity index (χ3n) is 10.1. The fraction of sp³-hybridized carbons (Fsp3) is 0.300. The molecule has 0 unspecified atom stereocenters. The average Bonchev–Trinajstić information content (AvgIpc) is 4.03. The lowest BCUT2D eigenvalue weighted by atomic mass is 10.0. The molecule has 2 fully saturated rings. The first kappa shape index (κ1) is 35.9. The van der Waals surface area contributed by atoms with E-state index in [0.29, 0.717) is 30.3 Å². The summed E-state index contributed by atoms with van der Waals surface area (Å²) in [6.07, 6.45) is 3.90. The number of aromatic nitrogens is 4. The Morgan fingerprint density at radius 3 is 1.70 bits per heavy atom. The molecule has 2 aliphatic heterocycles. The Labute approximate surface area is 312 Å². The fourth-order valence-corrected chi connectivity index (χ4v) is 7.32. The van der Waals surface area contributed by atoms with Crippen LogP contribution in [0.1, 0.15) is 68.0 Å². The van der Waals surface area contributed by atoms with E-state index in [0.717, 1.165) is 59.3 Å². The summed E-state index contributed by atoms with van der Waals surface area (Å²) in [7, 11) is 1.27. The van der Waals surface area contributed by atoms with E-state index in [1.54, 1.807) is 53.4 Å². The number of imidazole rings is 2. The molecule has 0 aliphatic carbocycles. The molecule has 0 saturated carbocycles. The van der Waals surface area contributed by atoms with Gasteiger partial charge in [-0.05, 0) is 54.9 Å². The van der Waals surface area contributed by atoms with Crippen molar-refractivity contribution < 1.29 is 28.7 Å². The number of aromatic amines is 2. The molecule has 14 nitrogen and oxygen atoms in total. The number of hydrogen-bond acceptors (Lipinski definition) is 8. The van der Waals surface area contributed by atoms with Gasteiger partial charge in [-0.3, -0.25) is 9.59 Å². The number of carbonyl (C=O) groups is 4. The van der Waals surface area contributed by atoms with Crippen LogP contribution in [0.5, 0.6) is 0 Å². The van der Waals surface area contributed by atoms with Gasteiger partial charge in [0.2, 0.25) is 12.0 Å². The highest BCUT2D eigenvalue weighted by Crippen LogP contribution is 2.36. The lowest BCUT2D eigenvalue weighted by Crippen LogP contribution is -2.46. The van der Waals surface area contributed by atoms with Crippen molar-refractivity contribution >= 4 is 24.0 Å². The number of methoxy groups -OCH3 is 1. The number of amides is 4. The van der Waals surface area contributed by atoms with Crippen LogP contribution in [0, 0.1) is 0 Å². The van der Waals surface area contributed by atoms with E-state index >= 15 is 0 Å². The summed E-state index contributed by atoms with van der Waals surface area (Å²) in [5, 5.41) is 2.55. The molecule has 0 bridgehead atoms. The van der Waals surface area contributed by atoms with Gasteiger partial charge in [0, 0.05) is 18.7 Å². The minimum Gasteiger partial charge on any atom is -0.453 e. The van der Waals surface area contributed by atoms with E-state index in [-0.39, 0.29) is 23.9 Å². The summed E-state index contributed by atoms with van der Waals surface area (Å²) in [5.41, 5.74) is 11.6. The van der Waals surface area contributed by atoms with Gasteiger partial charge in [-0.25, -0.2) is 19.6 Å². The molecule has 2 saturated heterocycles. The molecule has 7 rings (SSSR count). The first-order chi connectivity index (χ1) is 26.2. The predicted molar refractivity (Wildman–Crippen MR) is 199 cm³/mol. The summed E-state index contributed by atoms with van der Waals surface area (Å²) < 4.78 is 9.92. The van der Waals surface area contributed by atoms with Crippen molar-refractivity contribution in [2.75, 3.05) is 20.2 Å². The number of nitrogens with two attached hydrogens (primary N) is 1. The van der Waals surface area contributed by atoms with Gasteiger partial charge in [0.1, 0.15) is 17.7 Å². The largest absolute Gasteiger partial charge is 0.453 e. The number of likely N-dealkylation sites (tertiary alicyclic amines) is 2. The molecule has 14 heteroatoms. The minimum absolute atomic E-state index is 0.178. The molecule has 3 aromatic carbocycles. The van der Waals surface area contributed by atoms with Crippen LogP contribution in [0.15, 0.2) is 91.3 Å². The molecule has 0 spiro atoms. The number of primary amides is 1. The highest BCUT2D eigenvalue weighted by molar-refractivity contribution is 5.86. The summed E-state index contributed by atoms with van der Waals surface area (Å²) >= 11 is 0. The quantitative estimate of drug-likeness (QED) is 0.134. The zero-order chi connectivity index (χ0) is 37.8. The van der Waals surface area contributed by atoms with Gasteiger partial charge in [-0.2, -0.15) is 0 Å². The Hall–Kier alpha value is -6.44. The summed E-state index contributed by atoms with van der Waals surface area (Å²) in [5.74, 6) is 0.865. The zero-order valence-electron chi connectivity index (χ0n) is 30.0. The number of rotatable bonds is 10. The van der Waals surface area contributed by atoms with E-state index in [4.69, 9.17) is 10.5 Å². The Balaban J connectivity index is 1.00. The van der Waals surface area contributed by atoms with Crippen LogP contribution >= 0.6 is 0 Å². The van der Waals surface area contributed by atoms with E-state index in [2.05, 4.69) is 54.3 Å². The maximum Gasteiger partial charge on any atom is 0.407 e. The van der Waals surface area contributed by atoms with Crippen LogP contribution in [-0.4, -0.2) is 80.0 Å². The Bertz CT molecular complexity index is 2110. The van der Waals surface area contributed by atoms with Crippen LogP contribution in [0.4, 0.5) is 9.59 Å². The number of carbonyl (C=O) groups excluding carboxylic acids is 4. The monoisotopic (exact) mass is 730 g/mol. The van der Waals surface area contributed by atoms with Gasteiger partial charge in [0.25, 0.3) is 5.91 Å². The van der Waals surface area contributed by atoms with Crippen LogP contribution in [0.2, 0.25) is 0 Å². The van der Waals surface area contributed by atoms with Crippen LogP contribution in [-0.2, 0) is 19.1 Å². The van der Waals surface area contributed by atoms with Crippen molar-refractivity contribution in [3.63, 3.8) is 0 Å². The predicted octanol–water partition coefficient (Wildman–Crippen LogP) is 6.04. The second-order valence-corrected chi connectivity index (χ2v) is 13.5. The molecular formula is C40H42N8O6. The van der Waals surface area contributed by atoms with Crippen LogP contribution in [0.3, 0.4) is 0 Å². The number of nitrogens with one attached hydrogen (secondary N) is 3. The molecule has 4 atom stereocenters. The molecule has 0 radical (unpaired) electrons.